The van der Waals surface area contributed by atoms with Gasteiger partial charge in [-0.3, -0.25) is 9.59 Å². The zero-order valence-electron chi connectivity index (χ0n) is 12.2. The number of nitrogens with one attached hydrogen (secondary N) is 1. The molecule has 112 valence electrons. The lowest BCUT2D eigenvalue weighted by molar-refractivity contribution is -0.146. The molecule has 0 aromatic heterocycles. The second kappa shape index (κ2) is 5.51. The van der Waals surface area contributed by atoms with E-state index >= 15 is 0 Å². The first kappa shape index (κ1) is 14.1. The summed E-state index contributed by atoms with van der Waals surface area (Å²) in [5.74, 6) is -1.10. The summed E-state index contributed by atoms with van der Waals surface area (Å²) in [7, 11) is 0. The molecule has 0 bridgehead atoms. The topological polar surface area (TPSA) is 66.4 Å². The minimum absolute atomic E-state index is 0.0739. The average molecular weight is 287 g/mol. The number of carbonyl (C=O) groups excluding carboxylic acids is 1. The van der Waals surface area contributed by atoms with Crippen LogP contribution in [0.1, 0.15) is 37.7 Å². The Balaban J connectivity index is 1.59. The van der Waals surface area contributed by atoms with Crippen LogP contribution < -0.4 is 5.32 Å². The molecule has 0 aliphatic heterocycles. The monoisotopic (exact) mass is 287 g/mol. The van der Waals surface area contributed by atoms with Gasteiger partial charge in [-0.25, -0.2) is 0 Å². The van der Waals surface area contributed by atoms with Crippen LogP contribution in [0.25, 0.3) is 0 Å². The summed E-state index contributed by atoms with van der Waals surface area (Å²) in [6.45, 7) is 2.02. The van der Waals surface area contributed by atoms with Crippen LogP contribution in [0.15, 0.2) is 30.3 Å². The first-order valence-electron chi connectivity index (χ1n) is 7.64. The number of hydrogen-bond donors (Lipinski definition) is 2. The van der Waals surface area contributed by atoms with Gasteiger partial charge in [0.1, 0.15) is 0 Å². The van der Waals surface area contributed by atoms with Crippen molar-refractivity contribution in [2.24, 2.45) is 17.8 Å². The van der Waals surface area contributed by atoms with Crippen molar-refractivity contribution in [3.8, 4) is 0 Å². The Bertz CT molecular complexity index is 542. The number of rotatable bonds is 4. The molecular weight excluding hydrogens is 266 g/mol. The van der Waals surface area contributed by atoms with Gasteiger partial charge in [0.05, 0.1) is 11.8 Å². The van der Waals surface area contributed by atoms with E-state index < -0.39 is 11.9 Å². The summed E-state index contributed by atoms with van der Waals surface area (Å²) < 4.78 is 0. The molecule has 1 amide bonds. The Morgan fingerprint density at radius 2 is 1.76 bits per heavy atom. The first-order valence-corrected chi connectivity index (χ1v) is 7.64. The van der Waals surface area contributed by atoms with Crippen LogP contribution in [0.2, 0.25) is 0 Å². The van der Waals surface area contributed by atoms with Gasteiger partial charge in [-0.05, 0) is 30.7 Å². The Morgan fingerprint density at radius 3 is 2.43 bits per heavy atom. The molecule has 5 atom stereocenters. The van der Waals surface area contributed by atoms with Gasteiger partial charge in [0, 0.05) is 12.0 Å². The quantitative estimate of drug-likeness (QED) is 0.893. The minimum Gasteiger partial charge on any atom is -0.481 e. The normalized spacial score (nSPS) is 34.4. The highest BCUT2D eigenvalue weighted by Crippen LogP contribution is 2.42. The summed E-state index contributed by atoms with van der Waals surface area (Å²) in [6, 6.07) is 10.3. The van der Waals surface area contributed by atoms with E-state index in [2.05, 4.69) is 17.4 Å². The zero-order valence-corrected chi connectivity index (χ0v) is 12.2. The molecule has 2 fully saturated rings. The van der Waals surface area contributed by atoms with Gasteiger partial charge < -0.3 is 10.4 Å². The molecule has 0 heterocycles. The van der Waals surface area contributed by atoms with Gasteiger partial charge in [0.15, 0.2) is 0 Å². The van der Waals surface area contributed by atoms with Crippen molar-refractivity contribution in [2.75, 3.05) is 0 Å². The van der Waals surface area contributed by atoms with Crippen molar-refractivity contribution in [1.82, 2.24) is 5.32 Å². The minimum atomic E-state index is -0.838. The van der Waals surface area contributed by atoms with Crippen LogP contribution in [0.5, 0.6) is 0 Å². The summed E-state index contributed by atoms with van der Waals surface area (Å²) in [5.41, 5.74) is 1.25. The first-order chi connectivity index (χ1) is 10.1. The SMILES string of the molecule is CC1C[C@H](C(=O)NC2CC2c2ccccc2)[C@H](C(=O)O)C1. The average Bonchev–Trinajstić information content (AvgIpc) is 3.11. The van der Waals surface area contributed by atoms with E-state index in [4.69, 9.17) is 0 Å². The molecule has 0 spiro atoms. The fraction of sp³-hybridized carbons (Fsp3) is 0.529. The lowest BCUT2D eigenvalue weighted by Gasteiger charge is -2.15. The molecular formula is C17H21NO3. The number of amides is 1. The summed E-state index contributed by atoms with van der Waals surface area (Å²) in [6.07, 6.45) is 2.25. The van der Waals surface area contributed by atoms with Crippen molar-refractivity contribution in [3.63, 3.8) is 0 Å². The second-order valence-corrected chi connectivity index (χ2v) is 6.50. The highest BCUT2D eigenvalue weighted by atomic mass is 16.4. The molecule has 0 radical (unpaired) electrons. The van der Waals surface area contributed by atoms with Crippen LogP contribution in [-0.2, 0) is 9.59 Å². The van der Waals surface area contributed by atoms with Crippen molar-refractivity contribution in [2.45, 2.75) is 38.1 Å². The van der Waals surface area contributed by atoms with E-state index in [0.29, 0.717) is 24.7 Å². The maximum Gasteiger partial charge on any atom is 0.307 e. The molecule has 4 heteroatoms. The van der Waals surface area contributed by atoms with Gasteiger partial charge in [-0.2, -0.15) is 0 Å². The maximum absolute atomic E-state index is 12.4. The molecule has 1 aromatic rings. The summed E-state index contributed by atoms with van der Waals surface area (Å²) in [4.78, 5) is 23.6. The predicted molar refractivity (Wildman–Crippen MR) is 78.7 cm³/mol. The molecule has 21 heavy (non-hydrogen) atoms. The second-order valence-electron chi connectivity index (χ2n) is 6.50. The van der Waals surface area contributed by atoms with Crippen molar-refractivity contribution in [3.05, 3.63) is 35.9 Å². The van der Waals surface area contributed by atoms with Gasteiger partial charge in [0.2, 0.25) is 5.91 Å². The number of hydrogen-bond acceptors (Lipinski definition) is 2. The third-order valence-electron chi connectivity index (χ3n) is 4.80. The number of benzene rings is 1. The standard InChI is InChI=1S/C17H21NO3/c1-10-7-13(14(8-10)17(20)21)16(19)18-15-9-12(15)11-5-3-2-4-6-11/h2-6,10,12-15H,7-9H2,1H3,(H,18,19)(H,20,21)/t10?,12?,13-,14+,15?/m0/s1. The fourth-order valence-corrected chi connectivity index (χ4v) is 3.57. The highest BCUT2D eigenvalue weighted by molar-refractivity contribution is 5.85. The van der Waals surface area contributed by atoms with Crippen LogP contribution in [0, 0.1) is 17.8 Å². The summed E-state index contributed by atoms with van der Waals surface area (Å²) in [5, 5.41) is 12.3. The Morgan fingerprint density at radius 1 is 1.10 bits per heavy atom. The number of aliphatic carboxylic acids is 1. The van der Waals surface area contributed by atoms with E-state index in [1.54, 1.807) is 0 Å². The lowest BCUT2D eigenvalue weighted by Crippen LogP contribution is -2.36. The largest absolute Gasteiger partial charge is 0.481 e. The van der Waals surface area contributed by atoms with E-state index in [-0.39, 0.29) is 17.9 Å². The van der Waals surface area contributed by atoms with E-state index in [9.17, 15) is 14.7 Å². The third kappa shape index (κ3) is 2.94. The van der Waals surface area contributed by atoms with Crippen LogP contribution >= 0.6 is 0 Å². The Kier molecular flexibility index (Phi) is 3.70. The number of carboxylic acids is 1. The smallest absolute Gasteiger partial charge is 0.307 e. The molecule has 0 saturated heterocycles. The lowest BCUT2D eigenvalue weighted by atomic mass is 9.95. The number of carboxylic acid groups (broad SMARTS) is 1. The van der Waals surface area contributed by atoms with Crippen LogP contribution in [0.3, 0.4) is 0 Å². The van der Waals surface area contributed by atoms with Gasteiger partial charge in [0.25, 0.3) is 0 Å². The van der Waals surface area contributed by atoms with E-state index in [1.807, 2.05) is 25.1 Å². The molecule has 2 N–H and O–H groups in total. The van der Waals surface area contributed by atoms with Crippen molar-refractivity contribution < 1.29 is 14.7 Å². The summed E-state index contributed by atoms with van der Waals surface area (Å²) >= 11 is 0. The zero-order chi connectivity index (χ0) is 15.0. The predicted octanol–water partition coefficient (Wildman–Crippen LogP) is 2.41. The van der Waals surface area contributed by atoms with Crippen LogP contribution in [0.4, 0.5) is 0 Å². The van der Waals surface area contributed by atoms with Gasteiger partial charge in [-0.1, -0.05) is 37.3 Å². The Hall–Kier alpha value is -1.84. The highest BCUT2D eigenvalue weighted by Gasteiger charge is 2.45. The number of carbonyl (C=O) groups is 2. The molecule has 3 unspecified atom stereocenters. The van der Waals surface area contributed by atoms with Gasteiger partial charge >= 0.3 is 5.97 Å². The molecule has 2 saturated carbocycles. The van der Waals surface area contributed by atoms with E-state index in [0.717, 1.165) is 6.42 Å². The van der Waals surface area contributed by atoms with Gasteiger partial charge in [-0.15, -0.1) is 0 Å². The fourth-order valence-electron chi connectivity index (χ4n) is 3.57. The molecule has 3 rings (SSSR count). The molecule has 4 nitrogen and oxygen atoms in total. The van der Waals surface area contributed by atoms with Crippen molar-refractivity contribution in [1.29, 1.82) is 0 Å². The molecule has 2 aliphatic rings. The maximum atomic E-state index is 12.4. The van der Waals surface area contributed by atoms with Crippen LogP contribution in [-0.4, -0.2) is 23.0 Å². The Labute approximate surface area is 124 Å². The third-order valence-corrected chi connectivity index (χ3v) is 4.80. The van der Waals surface area contributed by atoms with Crippen molar-refractivity contribution >= 4 is 11.9 Å². The van der Waals surface area contributed by atoms with E-state index in [1.165, 1.54) is 5.56 Å². The molecule has 1 aromatic carbocycles. The molecule has 2 aliphatic carbocycles.